The van der Waals surface area contributed by atoms with Crippen molar-refractivity contribution < 1.29 is 27.8 Å². The maximum atomic E-state index is 13.3. The largest absolute Gasteiger partial charge is 0.487 e. The summed E-state index contributed by atoms with van der Waals surface area (Å²) in [5.41, 5.74) is 0.900. The number of carbonyl (C=O) groups excluding carboxylic acids is 1. The number of nitrogens with zero attached hydrogens (tertiary/aromatic N) is 2. The van der Waals surface area contributed by atoms with Gasteiger partial charge in [-0.15, -0.1) is 0 Å². The predicted octanol–water partition coefficient (Wildman–Crippen LogP) is 1.91. The zero-order chi connectivity index (χ0) is 20.5. The maximum absolute atomic E-state index is 13.3. The highest BCUT2D eigenvalue weighted by Crippen LogP contribution is 2.22. The number of piperidine rings is 1. The molecule has 7 nitrogen and oxygen atoms in total. The first-order valence-electron chi connectivity index (χ1n) is 9.07. The third-order valence-corrected chi connectivity index (χ3v) is 4.86. The van der Waals surface area contributed by atoms with Crippen LogP contribution in [0.4, 0.5) is 8.78 Å². The number of benzene rings is 2. The van der Waals surface area contributed by atoms with E-state index in [1.165, 1.54) is 9.47 Å². The molecule has 2 heterocycles. The van der Waals surface area contributed by atoms with Crippen molar-refractivity contribution in [2.24, 2.45) is 0 Å². The fraction of sp³-hybridized carbons (Fsp3) is 0.300. The second-order valence-electron chi connectivity index (χ2n) is 6.88. The minimum atomic E-state index is -1.04. The molecule has 4 rings (SSSR count). The lowest BCUT2D eigenvalue weighted by molar-refractivity contribution is -0.137. The molecule has 1 aliphatic rings. The van der Waals surface area contributed by atoms with Crippen LogP contribution in [0.2, 0.25) is 0 Å². The van der Waals surface area contributed by atoms with Crippen LogP contribution in [0.15, 0.2) is 51.7 Å². The number of ether oxygens (including phenoxy) is 1. The molecule has 1 saturated heterocycles. The molecule has 0 spiro atoms. The molecule has 2 atom stereocenters. The number of likely N-dealkylation sites (tertiary alicyclic amines) is 1. The Balaban J connectivity index is 1.42. The minimum Gasteiger partial charge on any atom is -0.487 e. The van der Waals surface area contributed by atoms with E-state index in [0.29, 0.717) is 11.1 Å². The summed E-state index contributed by atoms with van der Waals surface area (Å²) in [5, 5.41) is 10.3. The van der Waals surface area contributed by atoms with Crippen molar-refractivity contribution in [2.75, 3.05) is 13.1 Å². The maximum Gasteiger partial charge on any atom is 0.420 e. The van der Waals surface area contributed by atoms with Gasteiger partial charge in [0.05, 0.1) is 12.1 Å². The highest BCUT2D eigenvalue weighted by molar-refractivity contribution is 5.79. The molecule has 152 valence electrons. The van der Waals surface area contributed by atoms with E-state index in [4.69, 9.17) is 9.15 Å². The zero-order valence-corrected chi connectivity index (χ0v) is 15.3. The van der Waals surface area contributed by atoms with Crippen molar-refractivity contribution in [3.8, 4) is 5.75 Å². The van der Waals surface area contributed by atoms with Crippen LogP contribution < -0.4 is 10.5 Å². The van der Waals surface area contributed by atoms with Gasteiger partial charge in [0.2, 0.25) is 5.91 Å². The molecular formula is C20H18F2N2O5. The van der Waals surface area contributed by atoms with Crippen LogP contribution in [0.3, 0.4) is 0 Å². The number of aliphatic hydroxyl groups is 1. The van der Waals surface area contributed by atoms with Gasteiger partial charge >= 0.3 is 5.76 Å². The van der Waals surface area contributed by atoms with Crippen LogP contribution in [0.25, 0.3) is 11.1 Å². The number of hydrogen-bond donors (Lipinski definition) is 1. The number of halogens is 2. The number of hydrogen-bond acceptors (Lipinski definition) is 5. The number of aliphatic hydroxyl groups excluding tert-OH is 1. The summed E-state index contributed by atoms with van der Waals surface area (Å²) in [7, 11) is 0. The third-order valence-electron chi connectivity index (χ3n) is 4.86. The van der Waals surface area contributed by atoms with E-state index < -0.39 is 29.6 Å². The Bertz CT molecular complexity index is 1090. The molecule has 1 aliphatic heterocycles. The van der Waals surface area contributed by atoms with Gasteiger partial charge in [0.15, 0.2) is 5.58 Å². The van der Waals surface area contributed by atoms with Gasteiger partial charge in [-0.25, -0.2) is 13.6 Å². The van der Waals surface area contributed by atoms with E-state index in [9.17, 15) is 23.5 Å². The quantitative estimate of drug-likeness (QED) is 0.718. The van der Waals surface area contributed by atoms with E-state index in [1.54, 1.807) is 24.3 Å². The Kier molecular flexibility index (Phi) is 5.06. The SMILES string of the molecule is O=C(Cn1c(=O)oc2ccccc21)N1CC[C@@H](Oc2cc(F)cc(F)c2)[C@H](O)C1. The summed E-state index contributed by atoms with van der Waals surface area (Å²) < 4.78 is 38.5. The van der Waals surface area contributed by atoms with Crippen LogP contribution in [0.1, 0.15) is 6.42 Å². The van der Waals surface area contributed by atoms with E-state index >= 15 is 0 Å². The summed E-state index contributed by atoms with van der Waals surface area (Å²) in [6.45, 7) is 0.0257. The van der Waals surface area contributed by atoms with Crippen molar-refractivity contribution >= 4 is 17.0 Å². The molecule has 1 N–H and O–H groups in total. The van der Waals surface area contributed by atoms with Crippen molar-refractivity contribution in [1.29, 1.82) is 0 Å². The number of aromatic nitrogens is 1. The van der Waals surface area contributed by atoms with E-state index in [-0.39, 0.29) is 37.7 Å². The standard InChI is InChI=1S/C20H18F2N2O5/c21-12-7-13(22)9-14(8-12)28-18-5-6-23(10-16(18)25)19(26)11-24-15-3-1-2-4-17(15)29-20(24)27/h1-4,7-9,16,18,25H,5-6,10-11H2/t16-,18-/m1/s1. The van der Waals surface area contributed by atoms with Crippen LogP contribution >= 0.6 is 0 Å². The Labute approximate surface area is 163 Å². The average Bonchev–Trinajstić information content (AvgIpc) is 2.98. The number of fused-ring (bicyclic) bond motifs is 1. The molecule has 0 saturated carbocycles. The second kappa shape index (κ2) is 7.67. The summed E-state index contributed by atoms with van der Waals surface area (Å²) in [6.07, 6.45) is -1.49. The summed E-state index contributed by atoms with van der Waals surface area (Å²) >= 11 is 0. The number of β-amino-alcohol motifs (C(OH)–C–C–N with tert-alkyl or cyclic N) is 1. The van der Waals surface area contributed by atoms with Crippen LogP contribution in [-0.4, -0.2) is 45.8 Å². The normalized spacial score (nSPS) is 19.5. The molecule has 0 radical (unpaired) electrons. The Morgan fingerprint density at radius 1 is 1.21 bits per heavy atom. The number of para-hydroxylation sites is 2. The minimum absolute atomic E-state index is 0.0220. The van der Waals surface area contributed by atoms with Crippen molar-refractivity contribution in [3.63, 3.8) is 0 Å². The average molecular weight is 404 g/mol. The first-order chi connectivity index (χ1) is 13.9. The molecule has 1 aromatic heterocycles. The molecule has 0 bridgehead atoms. The summed E-state index contributed by atoms with van der Waals surface area (Å²) in [4.78, 5) is 26.1. The van der Waals surface area contributed by atoms with E-state index in [2.05, 4.69) is 0 Å². The van der Waals surface area contributed by atoms with Gasteiger partial charge in [0.1, 0.15) is 36.1 Å². The van der Waals surface area contributed by atoms with Gasteiger partial charge in [-0.05, 0) is 12.1 Å². The topological polar surface area (TPSA) is 84.9 Å². The fourth-order valence-corrected chi connectivity index (χ4v) is 3.44. The first kappa shape index (κ1) is 19.1. The molecular weight excluding hydrogens is 386 g/mol. The Hall–Kier alpha value is -3.20. The van der Waals surface area contributed by atoms with Crippen molar-refractivity contribution in [2.45, 2.75) is 25.2 Å². The smallest absolute Gasteiger partial charge is 0.420 e. The lowest BCUT2D eigenvalue weighted by Gasteiger charge is -2.36. The molecule has 0 aliphatic carbocycles. The highest BCUT2D eigenvalue weighted by Gasteiger charge is 2.32. The van der Waals surface area contributed by atoms with E-state index in [1.807, 2.05) is 0 Å². The lowest BCUT2D eigenvalue weighted by Crippen LogP contribution is -2.51. The van der Waals surface area contributed by atoms with Gasteiger partial charge in [-0.2, -0.15) is 0 Å². The molecule has 1 amide bonds. The zero-order valence-electron chi connectivity index (χ0n) is 15.3. The van der Waals surface area contributed by atoms with Gasteiger partial charge in [-0.1, -0.05) is 12.1 Å². The molecule has 0 unspecified atom stereocenters. The van der Waals surface area contributed by atoms with Crippen molar-refractivity contribution in [1.82, 2.24) is 9.47 Å². The lowest BCUT2D eigenvalue weighted by atomic mass is 10.0. The van der Waals surface area contributed by atoms with Crippen molar-refractivity contribution in [3.05, 3.63) is 64.6 Å². The molecule has 2 aromatic carbocycles. The van der Waals surface area contributed by atoms with Gasteiger partial charge in [0.25, 0.3) is 0 Å². The molecule has 29 heavy (non-hydrogen) atoms. The molecule has 9 heteroatoms. The fourth-order valence-electron chi connectivity index (χ4n) is 3.44. The Morgan fingerprint density at radius 2 is 1.93 bits per heavy atom. The summed E-state index contributed by atoms with van der Waals surface area (Å²) in [6, 6.07) is 9.57. The molecule has 1 fully saturated rings. The highest BCUT2D eigenvalue weighted by atomic mass is 19.1. The van der Waals surface area contributed by atoms with Crippen LogP contribution in [-0.2, 0) is 11.3 Å². The number of amides is 1. The van der Waals surface area contributed by atoms with Gasteiger partial charge < -0.3 is 19.2 Å². The number of oxazole rings is 1. The van der Waals surface area contributed by atoms with Crippen LogP contribution in [0, 0.1) is 11.6 Å². The van der Waals surface area contributed by atoms with Gasteiger partial charge in [0, 0.05) is 31.2 Å². The Morgan fingerprint density at radius 3 is 2.66 bits per heavy atom. The monoisotopic (exact) mass is 404 g/mol. The first-order valence-corrected chi connectivity index (χ1v) is 9.07. The molecule has 3 aromatic rings. The number of rotatable bonds is 4. The number of carbonyl (C=O) groups is 1. The summed E-state index contributed by atoms with van der Waals surface area (Å²) in [5.74, 6) is -2.57. The van der Waals surface area contributed by atoms with E-state index in [0.717, 1.165) is 18.2 Å². The van der Waals surface area contributed by atoms with Gasteiger partial charge in [-0.3, -0.25) is 9.36 Å². The second-order valence-corrected chi connectivity index (χ2v) is 6.88. The predicted molar refractivity (Wildman–Crippen MR) is 98.5 cm³/mol. The third kappa shape index (κ3) is 4.00. The van der Waals surface area contributed by atoms with Crippen LogP contribution in [0.5, 0.6) is 5.75 Å².